The van der Waals surface area contributed by atoms with Crippen LogP contribution in [0.1, 0.15) is 107 Å². The predicted octanol–water partition coefficient (Wildman–Crippen LogP) is 6.26. The summed E-state index contributed by atoms with van der Waals surface area (Å²) in [4.78, 5) is 36.6. The molecule has 6 heteroatoms. The number of rotatable bonds is 6. The van der Waals surface area contributed by atoms with E-state index in [1.54, 1.807) is 13.0 Å². The van der Waals surface area contributed by atoms with Gasteiger partial charge in [-0.25, -0.2) is 4.79 Å². The summed E-state index contributed by atoms with van der Waals surface area (Å²) in [7, 11) is 0. The number of carbonyl (C=O) groups is 3. The van der Waals surface area contributed by atoms with Crippen molar-refractivity contribution in [3.05, 3.63) is 22.8 Å². The molecular formula is C32H48O6. The summed E-state index contributed by atoms with van der Waals surface area (Å²) in [5.41, 5.74) is 1.47. The highest BCUT2D eigenvalue weighted by Crippen LogP contribution is 2.72. The molecule has 0 saturated heterocycles. The van der Waals surface area contributed by atoms with Gasteiger partial charge in [-0.05, 0) is 86.0 Å². The monoisotopic (exact) mass is 528 g/mol. The number of aliphatic hydroxyl groups is 1. The smallest absolute Gasteiger partial charge is 0.330 e. The van der Waals surface area contributed by atoms with Gasteiger partial charge in [0, 0.05) is 29.7 Å². The van der Waals surface area contributed by atoms with Gasteiger partial charge in [0.2, 0.25) is 0 Å². The Morgan fingerprint density at radius 3 is 2.34 bits per heavy atom. The van der Waals surface area contributed by atoms with Crippen LogP contribution in [0, 0.1) is 39.4 Å². The maximum Gasteiger partial charge on any atom is 0.330 e. The standard InChI is InChI=1S/C32H48O6/c1-18(10-9-11-19(2)28(36)37)22-16-26(35)32(8)27-21(12-15-31(22,32)7)30(6)14-13-25(34)29(4,5)24(30)17-23(27)38-20(3)33/h11,18,22-24,26,35H,9-10,12-17H2,1-8H3,(H,36,37)/b19-11+/t18-,22-,23-,24+,26+,30-,31-,32+/m1/s1. The van der Waals surface area contributed by atoms with Crippen molar-refractivity contribution in [3.8, 4) is 0 Å². The minimum Gasteiger partial charge on any atom is -0.478 e. The number of carboxylic acids is 1. The number of esters is 1. The zero-order valence-electron chi connectivity index (χ0n) is 24.6. The Morgan fingerprint density at radius 1 is 1.08 bits per heavy atom. The number of carboxylic acid groups (broad SMARTS) is 1. The summed E-state index contributed by atoms with van der Waals surface area (Å²) in [6, 6.07) is 0. The maximum atomic E-state index is 13.0. The van der Waals surface area contributed by atoms with Gasteiger partial charge in [0.25, 0.3) is 0 Å². The molecule has 0 aromatic carbocycles. The highest BCUT2D eigenvalue weighted by molar-refractivity contribution is 5.86. The molecule has 2 fully saturated rings. The van der Waals surface area contributed by atoms with Gasteiger partial charge in [0.1, 0.15) is 11.9 Å². The molecule has 2 saturated carbocycles. The highest BCUT2D eigenvalue weighted by Gasteiger charge is 2.68. The fraction of sp³-hybridized carbons (Fsp3) is 0.781. The van der Waals surface area contributed by atoms with Gasteiger partial charge in [-0.3, -0.25) is 9.59 Å². The van der Waals surface area contributed by atoms with Gasteiger partial charge in [0.05, 0.1) is 6.10 Å². The van der Waals surface area contributed by atoms with Crippen molar-refractivity contribution in [2.45, 2.75) is 119 Å². The Labute approximate surface area is 228 Å². The number of fused-ring (bicyclic) bond motifs is 4. The number of carbonyl (C=O) groups excluding carboxylic acids is 2. The Balaban J connectivity index is 1.77. The average Bonchev–Trinajstić information content (AvgIpc) is 3.03. The van der Waals surface area contributed by atoms with Crippen molar-refractivity contribution in [2.75, 3.05) is 0 Å². The van der Waals surface area contributed by atoms with E-state index in [0.29, 0.717) is 43.0 Å². The molecule has 0 radical (unpaired) electrons. The quantitative estimate of drug-likeness (QED) is 0.240. The van der Waals surface area contributed by atoms with Gasteiger partial charge in [-0.1, -0.05) is 53.2 Å². The Morgan fingerprint density at radius 2 is 1.74 bits per heavy atom. The molecule has 0 amide bonds. The van der Waals surface area contributed by atoms with E-state index >= 15 is 0 Å². The number of ether oxygens (including phenoxy) is 1. The van der Waals surface area contributed by atoms with E-state index in [2.05, 4.69) is 41.5 Å². The van der Waals surface area contributed by atoms with Gasteiger partial charge in [0.15, 0.2) is 0 Å². The van der Waals surface area contributed by atoms with Crippen LogP contribution in [-0.4, -0.2) is 40.1 Å². The van der Waals surface area contributed by atoms with Gasteiger partial charge in [-0.15, -0.1) is 0 Å². The fourth-order valence-corrected chi connectivity index (χ4v) is 9.52. The number of Topliss-reactive ketones (excluding diaryl/α,β-unsaturated/α-hetero) is 1. The Hall–Kier alpha value is -1.95. The van der Waals surface area contributed by atoms with Crippen molar-refractivity contribution in [1.82, 2.24) is 0 Å². The number of hydrogen-bond donors (Lipinski definition) is 2. The number of allylic oxidation sites excluding steroid dienone is 2. The maximum absolute atomic E-state index is 13.0. The van der Waals surface area contributed by atoms with E-state index in [0.717, 1.165) is 31.3 Å². The van der Waals surface area contributed by atoms with Crippen LogP contribution in [0.25, 0.3) is 0 Å². The van der Waals surface area contributed by atoms with Crippen LogP contribution in [-0.2, 0) is 19.1 Å². The highest BCUT2D eigenvalue weighted by atomic mass is 16.5. The lowest BCUT2D eigenvalue weighted by Gasteiger charge is -2.62. The first-order chi connectivity index (χ1) is 17.5. The summed E-state index contributed by atoms with van der Waals surface area (Å²) in [6.07, 6.45) is 6.89. The lowest BCUT2D eigenvalue weighted by Crippen LogP contribution is -2.59. The van der Waals surface area contributed by atoms with Crippen molar-refractivity contribution in [2.24, 2.45) is 39.4 Å². The minimum absolute atomic E-state index is 0.0878. The fourth-order valence-electron chi connectivity index (χ4n) is 9.52. The molecule has 6 nitrogen and oxygen atoms in total. The van der Waals surface area contributed by atoms with Crippen LogP contribution in [0.3, 0.4) is 0 Å². The molecule has 4 rings (SSSR count). The molecule has 0 unspecified atom stereocenters. The van der Waals surface area contributed by atoms with Crippen molar-refractivity contribution < 1.29 is 29.3 Å². The molecule has 212 valence electrons. The van der Waals surface area contributed by atoms with Crippen molar-refractivity contribution in [1.29, 1.82) is 0 Å². The summed E-state index contributed by atoms with van der Waals surface area (Å²) < 4.78 is 6.08. The van der Waals surface area contributed by atoms with Gasteiger partial charge in [-0.2, -0.15) is 0 Å². The van der Waals surface area contributed by atoms with Crippen molar-refractivity contribution >= 4 is 17.7 Å². The SMILES string of the molecule is CC(=O)O[C@@H]1C[C@H]2C(C)(C)C(=O)CC[C@]2(C)C2=C1[C@]1(C)[C@@H](O)C[C@H]([C@H](C)CC/C=C(\C)C(=O)O)[C@@]1(C)CC2. The topological polar surface area (TPSA) is 101 Å². The van der Waals surface area contributed by atoms with Gasteiger partial charge < -0.3 is 14.9 Å². The third kappa shape index (κ3) is 4.12. The first kappa shape index (κ1) is 29.0. The normalized spacial score (nSPS) is 41.2. The molecule has 8 atom stereocenters. The largest absolute Gasteiger partial charge is 0.478 e. The van der Waals surface area contributed by atoms with Crippen LogP contribution < -0.4 is 0 Å². The van der Waals surface area contributed by atoms with Crippen LogP contribution >= 0.6 is 0 Å². The molecular weight excluding hydrogens is 480 g/mol. The van der Waals surface area contributed by atoms with Gasteiger partial charge >= 0.3 is 11.9 Å². The number of aliphatic carboxylic acids is 1. The van der Waals surface area contributed by atoms with E-state index in [9.17, 15) is 24.6 Å². The van der Waals surface area contributed by atoms with Crippen molar-refractivity contribution in [3.63, 3.8) is 0 Å². The van der Waals surface area contributed by atoms with E-state index in [1.165, 1.54) is 12.5 Å². The summed E-state index contributed by atoms with van der Waals surface area (Å²) in [6.45, 7) is 16.3. The second-order valence-electron chi connectivity index (χ2n) is 14.1. The molecule has 0 aliphatic heterocycles. The molecule has 0 aromatic rings. The lowest BCUT2D eigenvalue weighted by atomic mass is 9.42. The molecule has 0 aromatic heterocycles. The molecule has 0 bridgehead atoms. The molecule has 0 heterocycles. The van der Waals surface area contributed by atoms with E-state index in [1.807, 2.05) is 0 Å². The van der Waals surface area contributed by atoms with E-state index < -0.39 is 29.0 Å². The molecule has 4 aliphatic rings. The number of hydrogen-bond acceptors (Lipinski definition) is 5. The third-order valence-electron chi connectivity index (χ3n) is 12.0. The first-order valence-corrected chi connectivity index (χ1v) is 14.5. The minimum atomic E-state index is -0.881. The second kappa shape index (κ2) is 9.60. The third-order valence-corrected chi connectivity index (χ3v) is 12.0. The first-order valence-electron chi connectivity index (χ1n) is 14.5. The Bertz CT molecular complexity index is 1080. The zero-order valence-corrected chi connectivity index (χ0v) is 24.6. The van der Waals surface area contributed by atoms with Crippen LogP contribution in [0.2, 0.25) is 0 Å². The van der Waals surface area contributed by atoms with Crippen LogP contribution in [0.5, 0.6) is 0 Å². The number of aliphatic hydroxyl groups excluding tert-OH is 1. The average molecular weight is 529 g/mol. The number of ketones is 1. The van der Waals surface area contributed by atoms with E-state index in [-0.39, 0.29) is 28.6 Å². The molecule has 38 heavy (non-hydrogen) atoms. The lowest BCUT2D eigenvalue weighted by molar-refractivity contribution is -0.155. The van der Waals surface area contributed by atoms with Crippen LogP contribution in [0.15, 0.2) is 22.8 Å². The second-order valence-corrected chi connectivity index (χ2v) is 14.1. The molecule has 0 spiro atoms. The Kier molecular flexibility index (Phi) is 7.34. The van der Waals surface area contributed by atoms with E-state index in [4.69, 9.17) is 4.74 Å². The molecule has 2 N–H and O–H groups in total. The zero-order chi connectivity index (χ0) is 28.4. The predicted molar refractivity (Wildman–Crippen MR) is 146 cm³/mol. The molecule has 4 aliphatic carbocycles. The summed E-state index contributed by atoms with van der Waals surface area (Å²) >= 11 is 0. The van der Waals surface area contributed by atoms with Crippen LogP contribution in [0.4, 0.5) is 0 Å². The summed E-state index contributed by atoms with van der Waals surface area (Å²) in [5, 5.41) is 21.1. The summed E-state index contributed by atoms with van der Waals surface area (Å²) in [5.74, 6) is -0.248.